The van der Waals surface area contributed by atoms with Gasteiger partial charge in [-0.3, -0.25) is 4.79 Å². The van der Waals surface area contributed by atoms with Crippen molar-refractivity contribution in [2.24, 2.45) is 0 Å². The number of hydrogen-bond donors (Lipinski definition) is 0. The van der Waals surface area contributed by atoms with Crippen molar-refractivity contribution in [3.05, 3.63) is 0 Å². The monoisotopic (exact) mass is 180 g/mol. The fraction of sp³-hybridized carbons (Fsp3) is 0.800. The van der Waals surface area contributed by atoms with Crippen LogP contribution in [-0.2, 0) is 4.79 Å². The van der Waals surface area contributed by atoms with Gasteiger partial charge in [0.25, 0.3) is 0 Å². The largest absolute Gasteiger partial charge is 0.340 e. The molecule has 0 radical (unpaired) electrons. The lowest BCUT2D eigenvalue weighted by molar-refractivity contribution is -0.129. The highest BCUT2D eigenvalue weighted by Crippen LogP contribution is 2.22. The normalized spacial score (nSPS) is 22.0. The van der Waals surface area contributed by atoms with E-state index < -0.39 is 0 Å². The van der Waals surface area contributed by atoms with E-state index in [1.165, 1.54) is 0 Å². The van der Waals surface area contributed by atoms with Crippen molar-refractivity contribution < 1.29 is 4.79 Å². The van der Waals surface area contributed by atoms with E-state index in [9.17, 15) is 4.79 Å². The molecule has 1 aliphatic rings. The quantitative estimate of drug-likeness (QED) is 0.660. The van der Waals surface area contributed by atoms with Gasteiger partial charge in [0.15, 0.2) is 0 Å². The van der Waals surface area contributed by atoms with Crippen molar-refractivity contribution >= 4 is 5.91 Å². The lowest BCUT2D eigenvalue weighted by Gasteiger charge is -2.23. The molecule has 0 aromatic heterocycles. The minimum Gasteiger partial charge on any atom is -0.340 e. The summed E-state index contributed by atoms with van der Waals surface area (Å²) in [6, 6.07) is 2.47. The topological polar surface area (TPSA) is 44.1 Å². The van der Waals surface area contributed by atoms with E-state index in [-0.39, 0.29) is 5.91 Å². The molecule has 0 N–H and O–H groups in total. The molecule has 1 saturated heterocycles. The van der Waals surface area contributed by atoms with Crippen molar-refractivity contribution in [1.82, 2.24) is 4.90 Å². The Kier molecular flexibility index (Phi) is 3.75. The first-order valence-electron chi connectivity index (χ1n) is 4.96. The summed E-state index contributed by atoms with van der Waals surface area (Å²) in [5.41, 5.74) is 0. The van der Waals surface area contributed by atoms with E-state index >= 15 is 0 Å². The number of rotatable bonds is 4. The van der Waals surface area contributed by atoms with Crippen LogP contribution in [0.3, 0.4) is 0 Å². The van der Waals surface area contributed by atoms with Gasteiger partial charge in [0, 0.05) is 25.4 Å². The molecule has 0 aromatic carbocycles. The summed E-state index contributed by atoms with van der Waals surface area (Å²) in [5.74, 6) is 0.268. The maximum atomic E-state index is 11.4. The smallest absolute Gasteiger partial charge is 0.222 e. The second-order valence-corrected chi connectivity index (χ2v) is 3.48. The maximum Gasteiger partial charge on any atom is 0.222 e. The molecule has 3 nitrogen and oxygen atoms in total. The van der Waals surface area contributed by atoms with Crippen LogP contribution in [0.2, 0.25) is 0 Å². The van der Waals surface area contributed by atoms with Gasteiger partial charge in [-0.2, -0.15) is 5.26 Å². The lowest BCUT2D eigenvalue weighted by Crippen LogP contribution is -2.33. The summed E-state index contributed by atoms with van der Waals surface area (Å²) in [6.45, 7) is 2.93. The summed E-state index contributed by atoms with van der Waals surface area (Å²) in [4.78, 5) is 13.3. The van der Waals surface area contributed by atoms with E-state index in [0.29, 0.717) is 18.9 Å². The Morgan fingerprint density at radius 3 is 3.08 bits per heavy atom. The Morgan fingerprint density at radius 1 is 1.69 bits per heavy atom. The average Bonchev–Trinajstić information content (AvgIpc) is 2.46. The Bertz CT molecular complexity index is 219. The number of hydrogen-bond acceptors (Lipinski definition) is 2. The van der Waals surface area contributed by atoms with Gasteiger partial charge in [-0.25, -0.2) is 0 Å². The lowest BCUT2D eigenvalue weighted by atomic mass is 10.1. The highest BCUT2D eigenvalue weighted by molar-refractivity contribution is 5.78. The van der Waals surface area contributed by atoms with E-state index in [1.807, 2.05) is 4.90 Å². The van der Waals surface area contributed by atoms with Crippen molar-refractivity contribution in [1.29, 1.82) is 5.26 Å². The Balaban J connectivity index is 2.44. The van der Waals surface area contributed by atoms with Crippen LogP contribution >= 0.6 is 0 Å². The molecule has 72 valence electrons. The van der Waals surface area contributed by atoms with Gasteiger partial charge < -0.3 is 4.90 Å². The predicted octanol–water partition coefficient (Wildman–Crippen LogP) is 1.69. The second kappa shape index (κ2) is 4.86. The zero-order valence-electron chi connectivity index (χ0n) is 8.12. The van der Waals surface area contributed by atoms with Gasteiger partial charge >= 0.3 is 0 Å². The molecular formula is C10H16N2O. The van der Waals surface area contributed by atoms with Crippen LogP contribution < -0.4 is 0 Å². The number of carbonyl (C=O) groups is 1. The summed E-state index contributed by atoms with van der Waals surface area (Å²) in [6.07, 6.45) is 4.05. The third kappa shape index (κ3) is 2.45. The highest BCUT2D eigenvalue weighted by Gasteiger charge is 2.29. The highest BCUT2D eigenvalue weighted by atomic mass is 16.2. The number of likely N-dealkylation sites (tertiary alicyclic amines) is 1. The Morgan fingerprint density at radius 2 is 2.46 bits per heavy atom. The molecule has 1 fully saturated rings. The predicted molar refractivity (Wildman–Crippen MR) is 49.9 cm³/mol. The first kappa shape index (κ1) is 10.0. The SMILES string of the molecule is CCCN1C(=O)CCC1CCC#N. The molecule has 0 aromatic rings. The van der Waals surface area contributed by atoms with Crippen molar-refractivity contribution in [3.8, 4) is 6.07 Å². The van der Waals surface area contributed by atoms with Crippen LogP contribution in [0.1, 0.15) is 39.0 Å². The molecule has 1 rings (SSSR count). The summed E-state index contributed by atoms with van der Waals surface area (Å²) >= 11 is 0. The molecule has 1 amide bonds. The standard InChI is InChI=1S/C10H16N2O/c1-2-8-12-9(4-3-7-11)5-6-10(12)13/h9H,2-6,8H2,1H3. The molecule has 0 aliphatic carbocycles. The van der Waals surface area contributed by atoms with E-state index in [0.717, 1.165) is 25.8 Å². The fourth-order valence-electron chi connectivity index (χ4n) is 1.87. The zero-order chi connectivity index (χ0) is 9.68. The molecule has 1 atom stereocenters. The molecule has 1 unspecified atom stereocenters. The number of amides is 1. The summed E-state index contributed by atoms with van der Waals surface area (Å²) in [7, 11) is 0. The molecule has 1 heterocycles. The molecule has 0 bridgehead atoms. The van der Waals surface area contributed by atoms with Crippen LogP contribution in [0, 0.1) is 11.3 Å². The van der Waals surface area contributed by atoms with Gasteiger partial charge in [-0.15, -0.1) is 0 Å². The van der Waals surface area contributed by atoms with Crippen molar-refractivity contribution in [2.75, 3.05) is 6.54 Å². The first-order valence-corrected chi connectivity index (χ1v) is 4.96. The second-order valence-electron chi connectivity index (χ2n) is 3.48. The summed E-state index contributed by atoms with van der Waals surface area (Å²) in [5, 5.41) is 8.46. The number of nitriles is 1. The van der Waals surface area contributed by atoms with Crippen LogP contribution in [0.25, 0.3) is 0 Å². The van der Waals surface area contributed by atoms with Crippen LogP contribution in [0.4, 0.5) is 0 Å². The van der Waals surface area contributed by atoms with Gasteiger partial charge in [0.05, 0.1) is 6.07 Å². The summed E-state index contributed by atoms with van der Waals surface area (Å²) < 4.78 is 0. The molecule has 0 saturated carbocycles. The van der Waals surface area contributed by atoms with Gasteiger partial charge in [-0.05, 0) is 19.3 Å². The fourth-order valence-corrected chi connectivity index (χ4v) is 1.87. The third-order valence-electron chi connectivity index (χ3n) is 2.51. The molecule has 3 heteroatoms. The average molecular weight is 180 g/mol. The van der Waals surface area contributed by atoms with Gasteiger partial charge in [0.2, 0.25) is 5.91 Å². The third-order valence-corrected chi connectivity index (χ3v) is 2.51. The Hall–Kier alpha value is -1.04. The van der Waals surface area contributed by atoms with Crippen LogP contribution in [0.5, 0.6) is 0 Å². The molecule has 13 heavy (non-hydrogen) atoms. The van der Waals surface area contributed by atoms with Crippen LogP contribution in [-0.4, -0.2) is 23.4 Å². The van der Waals surface area contributed by atoms with Crippen molar-refractivity contribution in [3.63, 3.8) is 0 Å². The van der Waals surface area contributed by atoms with Gasteiger partial charge in [0.1, 0.15) is 0 Å². The molecule has 1 aliphatic heterocycles. The number of nitrogens with zero attached hydrogens (tertiary/aromatic N) is 2. The molecule has 0 spiro atoms. The van der Waals surface area contributed by atoms with Crippen molar-refractivity contribution in [2.45, 2.75) is 45.1 Å². The number of carbonyl (C=O) groups excluding carboxylic acids is 1. The van der Waals surface area contributed by atoms with E-state index in [2.05, 4.69) is 13.0 Å². The minimum absolute atomic E-state index is 0.268. The zero-order valence-corrected chi connectivity index (χ0v) is 8.12. The minimum atomic E-state index is 0.268. The maximum absolute atomic E-state index is 11.4. The first-order chi connectivity index (χ1) is 6.29. The molecular weight excluding hydrogens is 164 g/mol. The van der Waals surface area contributed by atoms with E-state index in [1.54, 1.807) is 0 Å². The van der Waals surface area contributed by atoms with Gasteiger partial charge in [-0.1, -0.05) is 6.92 Å². The van der Waals surface area contributed by atoms with Crippen LogP contribution in [0.15, 0.2) is 0 Å². The Labute approximate surface area is 79.3 Å². The van der Waals surface area contributed by atoms with E-state index in [4.69, 9.17) is 5.26 Å².